The second kappa shape index (κ2) is 5.37. The largest absolute Gasteiger partial charge is 0.354 e. The van der Waals surface area contributed by atoms with E-state index in [0.29, 0.717) is 5.56 Å². The minimum Gasteiger partial charge on any atom is -0.354 e. The van der Waals surface area contributed by atoms with Crippen molar-refractivity contribution in [1.29, 1.82) is 5.26 Å². The SMILES string of the molecule is CCc1ccc(Nc2ccccc2C#N)cc1C. The second-order valence-corrected chi connectivity index (χ2v) is 4.28. The molecule has 0 spiro atoms. The summed E-state index contributed by atoms with van der Waals surface area (Å²) < 4.78 is 0. The van der Waals surface area contributed by atoms with Crippen molar-refractivity contribution in [1.82, 2.24) is 0 Å². The van der Waals surface area contributed by atoms with Crippen LogP contribution in [-0.2, 0) is 6.42 Å². The van der Waals surface area contributed by atoms with E-state index in [2.05, 4.69) is 43.4 Å². The van der Waals surface area contributed by atoms with Crippen LogP contribution in [0.2, 0.25) is 0 Å². The molecule has 0 fully saturated rings. The Morgan fingerprint density at radius 2 is 1.94 bits per heavy atom. The van der Waals surface area contributed by atoms with Gasteiger partial charge in [-0.25, -0.2) is 0 Å². The lowest BCUT2D eigenvalue weighted by Crippen LogP contribution is -1.95. The molecule has 2 heteroatoms. The highest BCUT2D eigenvalue weighted by molar-refractivity contribution is 5.67. The Morgan fingerprint density at radius 1 is 1.17 bits per heavy atom. The van der Waals surface area contributed by atoms with Crippen molar-refractivity contribution >= 4 is 11.4 Å². The molecular formula is C16H16N2. The lowest BCUT2D eigenvalue weighted by Gasteiger charge is -2.10. The number of aryl methyl sites for hydroxylation is 2. The van der Waals surface area contributed by atoms with Crippen molar-refractivity contribution < 1.29 is 0 Å². The molecule has 2 aromatic rings. The van der Waals surface area contributed by atoms with E-state index in [1.807, 2.05) is 24.3 Å². The third-order valence-electron chi connectivity index (χ3n) is 3.05. The van der Waals surface area contributed by atoms with Gasteiger partial charge in [0.05, 0.1) is 11.3 Å². The van der Waals surface area contributed by atoms with Gasteiger partial charge in [-0.3, -0.25) is 0 Å². The molecule has 18 heavy (non-hydrogen) atoms. The van der Waals surface area contributed by atoms with Gasteiger partial charge in [-0.05, 0) is 48.7 Å². The van der Waals surface area contributed by atoms with E-state index in [1.54, 1.807) is 0 Å². The number of benzene rings is 2. The lowest BCUT2D eigenvalue weighted by atomic mass is 10.1. The van der Waals surface area contributed by atoms with Gasteiger partial charge < -0.3 is 5.32 Å². The highest BCUT2D eigenvalue weighted by Gasteiger charge is 2.02. The summed E-state index contributed by atoms with van der Waals surface area (Å²) in [6, 6.07) is 16.0. The molecule has 1 N–H and O–H groups in total. The van der Waals surface area contributed by atoms with Gasteiger partial charge in [-0.1, -0.05) is 25.1 Å². The molecule has 0 radical (unpaired) electrons. The highest BCUT2D eigenvalue weighted by Crippen LogP contribution is 2.22. The van der Waals surface area contributed by atoms with E-state index < -0.39 is 0 Å². The topological polar surface area (TPSA) is 35.8 Å². The number of para-hydroxylation sites is 1. The van der Waals surface area contributed by atoms with Crippen LogP contribution in [0.5, 0.6) is 0 Å². The maximum absolute atomic E-state index is 9.04. The molecule has 0 aromatic heterocycles. The molecule has 0 unspecified atom stereocenters. The van der Waals surface area contributed by atoms with Crippen molar-refractivity contribution in [2.45, 2.75) is 20.3 Å². The Bertz CT molecular complexity index is 594. The predicted molar refractivity (Wildman–Crippen MR) is 75.0 cm³/mol. The maximum Gasteiger partial charge on any atom is 0.101 e. The zero-order chi connectivity index (χ0) is 13.0. The number of rotatable bonds is 3. The van der Waals surface area contributed by atoms with Crippen molar-refractivity contribution in [3.8, 4) is 6.07 Å². The number of nitrogens with one attached hydrogen (secondary N) is 1. The average Bonchev–Trinajstić information content (AvgIpc) is 2.39. The van der Waals surface area contributed by atoms with Crippen molar-refractivity contribution in [2.75, 3.05) is 5.32 Å². The molecule has 0 aliphatic heterocycles. The Balaban J connectivity index is 2.29. The van der Waals surface area contributed by atoms with Gasteiger partial charge in [0.25, 0.3) is 0 Å². The summed E-state index contributed by atoms with van der Waals surface area (Å²) >= 11 is 0. The Hall–Kier alpha value is -2.27. The predicted octanol–water partition coefficient (Wildman–Crippen LogP) is 4.17. The number of anilines is 2. The minimum atomic E-state index is 0.662. The zero-order valence-corrected chi connectivity index (χ0v) is 10.7. The number of hydrogen-bond donors (Lipinski definition) is 1. The minimum absolute atomic E-state index is 0.662. The van der Waals surface area contributed by atoms with Gasteiger partial charge in [-0.2, -0.15) is 5.26 Å². The molecule has 0 atom stereocenters. The summed E-state index contributed by atoms with van der Waals surface area (Å²) in [6.07, 6.45) is 1.04. The monoisotopic (exact) mass is 236 g/mol. The zero-order valence-electron chi connectivity index (χ0n) is 10.7. The second-order valence-electron chi connectivity index (χ2n) is 4.28. The van der Waals surface area contributed by atoms with Crippen molar-refractivity contribution in [2.24, 2.45) is 0 Å². The molecule has 2 rings (SSSR count). The fourth-order valence-corrected chi connectivity index (χ4v) is 2.02. The van der Waals surface area contributed by atoms with Gasteiger partial charge in [0.2, 0.25) is 0 Å². The van der Waals surface area contributed by atoms with Crippen LogP contribution in [0, 0.1) is 18.3 Å². The molecule has 0 amide bonds. The molecule has 0 aliphatic rings. The van der Waals surface area contributed by atoms with Crippen LogP contribution in [0.4, 0.5) is 11.4 Å². The van der Waals surface area contributed by atoms with Gasteiger partial charge in [0.1, 0.15) is 6.07 Å². The molecule has 0 heterocycles. The summed E-state index contributed by atoms with van der Waals surface area (Å²) in [4.78, 5) is 0. The Labute approximate surface area is 108 Å². The first kappa shape index (κ1) is 12.2. The molecule has 0 aliphatic carbocycles. The molecule has 2 nitrogen and oxygen atoms in total. The lowest BCUT2D eigenvalue weighted by molar-refractivity contribution is 1.11. The van der Waals surface area contributed by atoms with Crippen LogP contribution in [0.15, 0.2) is 42.5 Å². The van der Waals surface area contributed by atoms with Gasteiger partial charge in [0.15, 0.2) is 0 Å². The number of hydrogen-bond acceptors (Lipinski definition) is 2. The Morgan fingerprint density at radius 3 is 2.61 bits per heavy atom. The van der Waals surface area contributed by atoms with Gasteiger partial charge >= 0.3 is 0 Å². The first-order valence-electron chi connectivity index (χ1n) is 6.10. The molecule has 0 saturated carbocycles. The van der Waals surface area contributed by atoms with E-state index in [-0.39, 0.29) is 0 Å². The molecule has 0 saturated heterocycles. The van der Waals surface area contributed by atoms with Gasteiger partial charge in [0, 0.05) is 5.69 Å². The highest BCUT2D eigenvalue weighted by atomic mass is 14.9. The molecule has 0 bridgehead atoms. The summed E-state index contributed by atoms with van der Waals surface area (Å²) in [5, 5.41) is 12.3. The van der Waals surface area contributed by atoms with Crippen LogP contribution in [-0.4, -0.2) is 0 Å². The third kappa shape index (κ3) is 2.52. The summed E-state index contributed by atoms with van der Waals surface area (Å²) in [5.41, 5.74) is 5.16. The van der Waals surface area contributed by atoms with Crippen LogP contribution < -0.4 is 5.32 Å². The fourth-order valence-electron chi connectivity index (χ4n) is 2.02. The van der Waals surface area contributed by atoms with Crippen LogP contribution in [0.25, 0.3) is 0 Å². The normalized spacial score (nSPS) is 9.83. The van der Waals surface area contributed by atoms with E-state index in [0.717, 1.165) is 17.8 Å². The molecule has 2 aromatic carbocycles. The van der Waals surface area contributed by atoms with Crippen LogP contribution >= 0.6 is 0 Å². The molecule has 90 valence electrons. The van der Waals surface area contributed by atoms with E-state index in [4.69, 9.17) is 5.26 Å². The van der Waals surface area contributed by atoms with Crippen molar-refractivity contribution in [3.63, 3.8) is 0 Å². The fraction of sp³-hybridized carbons (Fsp3) is 0.188. The van der Waals surface area contributed by atoms with Gasteiger partial charge in [-0.15, -0.1) is 0 Å². The molecular weight excluding hydrogens is 220 g/mol. The number of nitriles is 1. The standard InChI is InChI=1S/C16H16N2/c1-3-13-8-9-15(10-12(13)2)18-16-7-5-4-6-14(16)11-17/h4-10,18H,3H2,1-2H3. The quantitative estimate of drug-likeness (QED) is 0.868. The first-order chi connectivity index (χ1) is 8.74. The van der Waals surface area contributed by atoms with Crippen molar-refractivity contribution in [3.05, 3.63) is 59.2 Å². The Kier molecular flexibility index (Phi) is 3.64. The average molecular weight is 236 g/mol. The first-order valence-corrected chi connectivity index (χ1v) is 6.10. The van der Waals surface area contributed by atoms with Crippen LogP contribution in [0.1, 0.15) is 23.6 Å². The van der Waals surface area contributed by atoms with Crippen LogP contribution in [0.3, 0.4) is 0 Å². The van der Waals surface area contributed by atoms with E-state index in [9.17, 15) is 0 Å². The van der Waals surface area contributed by atoms with E-state index in [1.165, 1.54) is 11.1 Å². The number of nitrogens with zero attached hydrogens (tertiary/aromatic N) is 1. The van der Waals surface area contributed by atoms with E-state index >= 15 is 0 Å². The summed E-state index contributed by atoms with van der Waals surface area (Å²) in [5.74, 6) is 0. The smallest absolute Gasteiger partial charge is 0.101 e. The maximum atomic E-state index is 9.04. The summed E-state index contributed by atoms with van der Waals surface area (Å²) in [7, 11) is 0. The third-order valence-corrected chi connectivity index (χ3v) is 3.05. The summed E-state index contributed by atoms with van der Waals surface area (Å²) in [6.45, 7) is 4.26.